The van der Waals surface area contributed by atoms with Crippen LogP contribution in [0.3, 0.4) is 0 Å². The smallest absolute Gasteiger partial charge is 0.249 e. The molecule has 2 aromatic rings. The van der Waals surface area contributed by atoms with Crippen LogP contribution in [0.15, 0.2) is 54.6 Å². The number of anilines is 1. The summed E-state index contributed by atoms with van der Waals surface area (Å²) in [6, 6.07) is 18.7. The fourth-order valence-electron chi connectivity index (χ4n) is 5.33. The Labute approximate surface area is 191 Å². The number of nitrogens with one attached hydrogen (secondary N) is 1. The predicted molar refractivity (Wildman–Crippen MR) is 127 cm³/mol. The molecule has 162 valence electrons. The van der Waals surface area contributed by atoms with E-state index in [4.69, 9.17) is 0 Å². The van der Waals surface area contributed by atoms with Crippen molar-refractivity contribution in [2.24, 2.45) is 11.8 Å². The number of amides is 1. The molecule has 30 heavy (non-hydrogen) atoms. The van der Waals surface area contributed by atoms with Crippen LogP contribution >= 0.6 is 24.8 Å². The van der Waals surface area contributed by atoms with Crippen LogP contribution in [0.4, 0.5) is 5.69 Å². The molecule has 1 amide bonds. The molecule has 0 aliphatic carbocycles. The number of carbonyl (C=O) groups is 1. The van der Waals surface area contributed by atoms with E-state index in [0.29, 0.717) is 0 Å². The number of benzene rings is 2. The molecule has 0 bridgehead atoms. The van der Waals surface area contributed by atoms with Gasteiger partial charge in [0.05, 0.1) is 0 Å². The highest BCUT2D eigenvalue weighted by atomic mass is 35.5. The largest absolute Gasteiger partial charge is 0.355 e. The number of hydrogen-bond acceptors (Lipinski definition) is 3. The van der Waals surface area contributed by atoms with Crippen LogP contribution in [0.2, 0.25) is 0 Å². The minimum Gasteiger partial charge on any atom is -0.355 e. The first-order valence-corrected chi connectivity index (χ1v) is 10.7. The second-order valence-corrected chi connectivity index (χ2v) is 8.47. The van der Waals surface area contributed by atoms with Gasteiger partial charge in [-0.3, -0.25) is 4.79 Å². The van der Waals surface area contributed by atoms with Crippen molar-refractivity contribution < 1.29 is 4.79 Å². The fourth-order valence-corrected chi connectivity index (χ4v) is 5.33. The third-order valence-corrected chi connectivity index (χ3v) is 6.91. The van der Waals surface area contributed by atoms with E-state index in [0.717, 1.165) is 69.4 Å². The molecule has 2 fully saturated rings. The van der Waals surface area contributed by atoms with Gasteiger partial charge in [0.15, 0.2) is 0 Å². The average Bonchev–Trinajstić information content (AvgIpc) is 3.31. The van der Waals surface area contributed by atoms with Crippen molar-refractivity contribution in [1.82, 2.24) is 10.2 Å². The zero-order valence-corrected chi connectivity index (χ0v) is 18.8. The van der Waals surface area contributed by atoms with Gasteiger partial charge in [0.25, 0.3) is 0 Å². The third kappa shape index (κ3) is 4.32. The molecule has 0 saturated carbocycles. The highest BCUT2D eigenvalue weighted by Gasteiger charge is 2.37. The van der Waals surface area contributed by atoms with Gasteiger partial charge in [-0.2, -0.15) is 0 Å². The van der Waals surface area contributed by atoms with Crippen LogP contribution in [0.25, 0.3) is 0 Å². The summed E-state index contributed by atoms with van der Waals surface area (Å²) in [4.78, 5) is 18.3. The Morgan fingerprint density at radius 3 is 2.20 bits per heavy atom. The van der Waals surface area contributed by atoms with E-state index in [2.05, 4.69) is 63.6 Å². The summed E-state index contributed by atoms with van der Waals surface area (Å²) in [7, 11) is 0. The van der Waals surface area contributed by atoms with Crippen LogP contribution in [0.5, 0.6) is 0 Å². The summed E-state index contributed by atoms with van der Waals surface area (Å²) in [6.45, 7) is 4.93. The molecule has 3 aliphatic rings. The third-order valence-electron chi connectivity index (χ3n) is 6.91. The van der Waals surface area contributed by atoms with E-state index in [1.807, 2.05) is 6.07 Å². The lowest BCUT2D eigenvalue weighted by molar-refractivity contribution is -0.132. The first-order valence-electron chi connectivity index (χ1n) is 10.7. The Kier molecular flexibility index (Phi) is 7.67. The number of likely N-dealkylation sites (tertiary alicyclic amines) is 1. The summed E-state index contributed by atoms with van der Waals surface area (Å²) in [5, 5.41) is 3.53. The lowest BCUT2D eigenvalue weighted by Crippen LogP contribution is -2.43. The van der Waals surface area contributed by atoms with Gasteiger partial charge in [-0.25, -0.2) is 0 Å². The monoisotopic (exact) mass is 447 g/mol. The molecule has 6 heteroatoms. The maximum absolute atomic E-state index is 13.8. The average molecular weight is 448 g/mol. The molecule has 1 unspecified atom stereocenters. The Hall–Kier alpha value is -1.75. The molecule has 3 heterocycles. The molecule has 2 aromatic carbocycles. The molecular weight excluding hydrogens is 417 g/mol. The highest BCUT2D eigenvalue weighted by molar-refractivity contribution is 5.87. The van der Waals surface area contributed by atoms with E-state index in [1.54, 1.807) is 0 Å². The van der Waals surface area contributed by atoms with Crippen molar-refractivity contribution in [3.05, 3.63) is 65.7 Å². The van der Waals surface area contributed by atoms with Crippen LogP contribution < -0.4 is 10.2 Å². The number of fused-ring (bicyclic) bond motifs is 2. The Morgan fingerprint density at radius 1 is 0.867 bits per heavy atom. The summed E-state index contributed by atoms with van der Waals surface area (Å²) < 4.78 is 0. The summed E-state index contributed by atoms with van der Waals surface area (Å²) in [5.74, 6) is 1.75. The van der Waals surface area contributed by atoms with E-state index in [9.17, 15) is 4.79 Å². The van der Waals surface area contributed by atoms with Crippen molar-refractivity contribution in [2.45, 2.75) is 25.3 Å². The molecule has 3 atom stereocenters. The van der Waals surface area contributed by atoms with E-state index in [-0.39, 0.29) is 36.8 Å². The van der Waals surface area contributed by atoms with Gasteiger partial charge in [0.2, 0.25) is 5.91 Å². The number of hydrogen-bond donors (Lipinski definition) is 1. The standard InChI is InChI=1S/C24H29N3O.2ClH/c28-24(26-13-10-20-16-25-17-21(20)11-14-26)23(19-7-2-1-3-8-19)27-15-12-18-6-4-5-9-22(18)27;;/h1-9,20-21,23,25H,10-17H2;2*1H/t20-,21+,23?;;. The maximum Gasteiger partial charge on any atom is 0.249 e. The number of nitrogens with zero attached hydrogens (tertiary/aromatic N) is 2. The molecule has 2 saturated heterocycles. The second-order valence-electron chi connectivity index (χ2n) is 8.47. The Balaban J connectivity index is 0.00000128. The minimum atomic E-state index is -0.221. The second kappa shape index (κ2) is 10.0. The van der Waals surface area contributed by atoms with Gasteiger partial charge in [-0.15, -0.1) is 24.8 Å². The number of rotatable bonds is 3. The van der Waals surface area contributed by atoms with E-state index in [1.165, 1.54) is 11.3 Å². The van der Waals surface area contributed by atoms with E-state index >= 15 is 0 Å². The number of halogens is 2. The number of para-hydroxylation sites is 1. The zero-order valence-electron chi connectivity index (χ0n) is 17.2. The molecule has 3 aliphatic heterocycles. The lowest BCUT2D eigenvalue weighted by Gasteiger charge is -2.34. The van der Waals surface area contributed by atoms with Gasteiger partial charge in [0, 0.05) is 25.3 Å². The van der Waals surface area contributed by atoms with Gasteiger partial charge < -0.3 is 15.1 Å². The number of carbonyl (C=O) groups excluding carboxylic acids is 1. The zero-order chi connectivity index (χ0) is 18.9. The lowest BCUT2D eigenvalue weighted by atomic mass is 9.92. The van der Waals surface area contributed by atoms with Crippen LogP contribution in [0.1, 0.15) is 30.0 Å². The highest BCUT2D eigenvalue weighted by Crippen LogP contribution is 2.37. The van der Waals surface area contributed by atoms with Crippen molar-refractivity contribution in [3.8, 4) is 0 Å². The summed E-state index contributed by atoms with van der Waals surface area (Å²) in [5.41, 5.74) is 3.68. The molecule has 5 rings (SSSR count). The van der Waals surface area contributed by atoms with Gasteiger partial charge >= 0.3 is 0 Å². The molecule has 4 nitrogen and oxygen atoms in total. The Bertz CT molecular complexity index is 833. The molecule has 0 spiro atoms. The molecule has 1 N–H and O–H groups in total. The van der Waals surface area contributed by atoms with Crippen molar-refractivity contribution in [2.75, 3.05) is 37.6 Å². The predicted octanol–water partition coefficient (Wildman–Crippen LogP) is 4.09. The SMILES string of the molecule is Cl.Cl.O=C(C(c1ccccc1)N1CCc2ccccc21)N1CC[C@@H]2CNC[C@@H]2CC1. The normalized spacial score (nSPS) is 23.5. The van der Waals surface area contributed by atoms with Gasteiger partial charge in [-0.05, 0) is 61.4 Å². The van der Waals surface area contributed by atoms with Crippen molar-refractivity contribution in [3.63, 3.8) is 0 Å². The minimum absolute atomic E-state index is 0. The Morgan fingerprint density at radius 2 is 1.50 bits per heavy atom. The quantitative estimate of drug-likeness (QED) is 0.769. The summed E-state index contributed by atoms with van der Waals surface area (Å²) >= 11 is 0. The maximum atomic E-state index is 13.8. The van der Waals surface area contributed by atoms with Crippen LogP contribution in [0, 0.1) is 11.8 Å². The van der Waals surface area contributed by atoms with Crippen LogP contribution in [-0.2, 0) is 11.2 Å². The van der Waals surface area contributed by atoms with Gasteiger partial charge in [0.1, 0.15) is 6.04 Å². The van der Waals surface area contributed by atoms with Crippen molar-refractivity contribution in [1.29, 1.82) is 0 Å². The topological polar surface area (TPSA) is 35.6 Å². The molecular formula is C24H31Cl2N3O. The van der Waals surface area contributed by atoms with E-state index < -0.39 is 0 Å². The van der Waals surface area contributed by atoms with Crippen LogP contribution in [-0.4, -0.2) is 43.5 Å². The molecule has 0 aromatic heterocycles. The van der Waals surface area contributed by atoms with Crippen molar-refractivity contribution >= 4 is 36.4 Å². The van der Waals surface area contributed by atoms with Gasteiger partial charge in [-0.1, -0.05) is 48.5 Å². The molecule has 0 radical (unpaired) electrons. The fraction of sp³-hybridized carbons (Fsp3) is 0.458. The summed E-state index contributed by atoms with van der Waals surface area (Å²) in [6.07, 6.45) is 3.27. The first kappa shape index (κ1) is 22.9. The first-order chi connectivity index (χ1) is 13.8.